The number of hydrogen-bond donors (Lipinski definition) is 0. The van der Waals surface area contributed by atoms with Crippen LogP contribution in [0, 0.1) is 11.3 Å². The van der Waals surface area contributed by atoms with Gasteiger partial charge in [-0.3, -0.25) is 0 Å². The minimum Gasteiger partial charge on any atom is -0.493 e. The quantitative estimate of drug-likeness (QED) is 0.718. The van der Waals surface area contributed by atoms with Gasteiger partial charge in [0.15, 0.2) is 11.5 Å². The van der Waals surface area contributed by atoms with Gasteiger partial charge in [0.1, 0.15) is 0 Å². The molecule has 114 valence electrons. The highest BCUT2D eigenvalue weighted by Gasteiger charge is 2.20. The highest BCUT2D eigenvalue weighted by molar-refractivity contribution is 5.73. The minimum absolute atomic E-state index is 0.205. The molecule has 0 saturated heterocycles. The van der Waals surface area contributed by atoms with Crippen LogP contribution in [0.5, 0.6) is 23.0 Å². The zero-order valence-corrected chi connectivity index (χ0v) is 12.9. The molecule has 0 aromatic heterocycles. The van der Waals surface area contributed by atoms with Gasteiger partial charge in [0.05, 0.1) is 46.7 Å². The molecule has 0 N–H and O–H groups in total. The summed E-state index contributed by atoms with van der Waals surface area (Å²) in [6, 6.07) is 3.79. The maximum Gasteiger partial charge on any atom is 0.207 e. The van der Waals surface area contributed by atoms with E-state index in [9.17, 15) is 0 Å². The van der Waals surface area contributed by atoms with Crippen LogP contribution in [0.15, 0.2) is 11.6 Å². The first kappa shape index (κ1) is 16.7. The Morgan fingerprint density at radius 3 is 2.05 bits per heavy atom. The Hall–Kier alpha value is -2.39. The third kappa shape index (κ3) is 3.58. The SMILES string of the molecule is COC/C(C#N)=C/c1cc(OC)c(OC)c(OC)c1OC. The third-order valence-electron chi connectivity index (χ3n) is 2.79. The Balaban J connectivity index is 3.55. The van der Waals surface area contributed by atoms with E-state index in [0.717, 1.165) is 0 Å². The van der Waals surface area contributed by atoms with Crippen molar-refractivity contribution in [1.29, 1.82) is 5.26 Å². The van der Waals surface area contributed by atoms with E-state index in [0.29, 0.717) is 34.1 Å². The van der Waals surface area contributed by atoms with Crippen molar-refractivity contribution < 1.29 is 23.7 Å². The third-order valence-corrected chi connectivity index (χ3v) is 2.79. The van der Waals surface area contributed by atoms with Crippen LogP contribution in [-0.2, 0) is 4.74 Å². The Labute approximate surface area is 124 Å². The number of rotatable bonds is 7. The van der Waals surface area contributed by atoms with Gasteiger partial charge < -0.3 is 23.7 Å². The summed E-state index contributed by atoms with van der Waals surface area (Å²) in [6.07, 6.45) is 1.66. The van der Waals surface area contributed by atoms with Crippen LogP contribution in [0.1, 0.15) is 5.56 Å². The number of nitrogens with zero attached hydrogens (tertiary/aromatic N) is 1. The number of methoxy groups -OCH3 is 5. The molecule has 0 radical (unpaired) electrons. The zero-order valence-electron chi connectivity index (χ0n) is 12.9. The van der Waals surface area contributed by atoms with Gasteiger partial charge in [-0.15, -0.1) is 0 Å². The molecule has 0 unspecified atom stereocenters. The average molecular weight is 293 g/mol. The zero-order chi connectivity index (χ0) is 15.8. The predicted molar refractivity (Wildman–Crippen MR) is 78.1 cm³/mol. The summed E-state index contributed by atoms with van der Waals surface area (Å²) in [7, 11) is 7.59. The summed E-state index contributed by atoms with van der Waals surface area (Å²) in [5.74, 6) is 1.77. The molecule has 1 aromatic carbocycles. The van der Waals surface area contributed by atoms with E-state index in [4.69, 9.17) is 28.9 Å². The number of hydrogen-bond acceptors (Lipinski definition) is 6. The summed E-state index contributed by atoms with van der Waals surface area (Å²) in [6.45, 7) is 0.205. The lowest BCUT2D eigenvalue weighted by Crippen LogP contribution is -2.00. The van der Waals surface area contributed by atoms with E-state index in [2.05, 4.69) is 6.07 Å². The standard InChI is InChI=1S/C15H19NO5/c1-17-9-10(8-16)6-11-7-12(18-2)14(20-4)15(21-5)13(11)19-3/h6-7H,9H2,1-5H3/b10-6+. The Bertz CT molecular complexity index is 560. The van der Waals surface area contributed by atoms with E-state index < -0.39 is 0 Å². The maximum absolute atomic E-state index is 9.11. The molecule has 1 rings (SSSR count). The summed E-state index contributed by atoms with van der Waals surface area (Å²) < 4.78 is 26.3. The van der Waals surface area contributed by atoms with Crippen molar-refractivity contribution in [3.05, 3.63) is 17.2 Å². The molecule has 21 heavy (non-hydrogen) atoms. The summed E-state index contributed by atoms with van der Waals surface area (Å²) >= 11 is 0. The van der Waals surface area contributed by atoms with E-state index >= 15 is 0 Å². The van der Waals surface area contributed by atoms with Crippen molar-refractivity contribution in [2.24, 2.45) is 0 Å². The van der Waals surface area contributed by atoms with Gasteiger partial charge >= 0.3 is 0 Å². The molecule has 0 aliphatic carbocycles. The van der Waals surface area contributed by atoms with Crippen LogP contribution in [0.3, 0.4) is 0 Å². The van der Waals surface area contributed by atoms with Crippen LogP contribution in [-0.4, -0.2) is 42.2 Å². The van der Waals surface area contributed by atoms with Crippen molar-refractivity contribution in [3.8, 4) is 29.1 Å². The second-order valence-corrected chi connectivity index (χ2v) is 3.98. The Morgan fingerprint density at radius 1 is 1.00 bits per heavy atom. The first-order chi connectivity index (χ1) is 10.2. The van der Waals surface area contributed by atoms with Crippen molar-refractivity contribution in [2.45, 2.75) is 0 Å². The molecule has 6 nitrogen and oxygen atoms in total. The average Bonchev–Trinajstić information content (AvgIpc) is 2.52. The summed E-state index contributed by atoms with van der Waals surface area (Å²) in [5, 5.41) is 9.11. The van der Waals surface area contributed by atoms with Gasteiger partial charge in [-0.2, -0.15) is 5.26 Å². The van der Waals surface area contributed by atoms with Crippen molar-refractivity contribution >= 4 is 6.08 Å². The van der Waals surface area contributed by atoms with E-state index in [1.54, 1.807) is 12.1 Å². The first-order valence-electron chi connectivity index (χ1n) is 6.13. The molecule has 6 heteroatoms. The minimum atomic E-state index is 0.205. The lowest BCUT2D eigenvalue weighted by atomic mass is 10.1. The van der Waals surface area contributed by atoms with Gasteiger partial charge in [-0.25, -0.2) is 0 Å². The second-order valence-electron chi connectivity index (χ2n) is 3.98. The van der Waals surface area contributed by atoms with Crippen LogP contribution in [0.2, 0.25) is 0 Å². The molecule has 0 heterocycles. The van der Waals surface area contributed by atoms with Gasteiger partial charge in [-0.1, -0.05) is 0 Å². The van der Waals surface area contributed by atoms with Crippen molar-refractivity contribution in [1.82, 2.24) is 0 Å². The highest BCUT2D eigenvalue weighted by atomic mass is 16.5. The lowest BCUT2D eigenvalue weighted by Gasteiger charge is -2.17. The van der Waals surface area contributed by atoms with Crippen LogP contribution in [0.4, 0.5) is 0 Å². The monoisotopic (exact) mass is 293 g/mol. The van der Waals surface area contributed by atoms with Gasteiger partial charge in [0, 0.05) is 12.7 Å². The van der Waals surface area contributed by atoms with Crippen molar-refractivity contribution in [3.63, 3.8) is 0 Å². The normalized spacial score (nSPS) is 10.8. The Kier molecular flexibility index (Phi) is 6.37. The molecule has 0 saturated carbocycles. The molecule has 0 atom stereocenters. The lowest BCUT2D eigenvalue weighted by molar-refractivity contribution is 0.229. The summed E-state index contributed by atoms with van der Waals surface area (Å²) in [5.41, 5.74) is 1.09. The fourth-order valence-corrected chi connectivity index (χ4v) is 1.92. The molecule has 0 spiro atoms. The van der Waals surface area contributed by atoms with Crippen LogP contribution in [0.25, 0.3) is 6.08 Å². The molecule has 0 aliphatic rings. The maximum atomic E-state index is 9.11. The van der Waals surface area contributed by atoms with Crippen LogP contribution >= 0.6 is 0 Å². The second kappa shape index (κ2) is 8.02. The first-order valence-corrected chi connectivity index (χ1v) is 6.13. The molecule has 0 amide bonds. The van der Waals surface area contributed by atoms with Crippen molar-refractivity contribution in [2.75, 3.05) is 42.2 Å². The molecular weight excluding hydrogens is 274 g/mol. The van der Waals surface area contributed by atoms with E-state index in [1.807, 2.05) is 0 Å². The predicted octanol–water partition coefficient (Wildman–Crippen LogP) is 2.27. The van der Waals surface area contributed by atoms with Gasteiger partial charge in [-0.05, 0) is 12.1 Å². The molecule has 1 aromatic rings. The highest BCUT2D eigenvalue weighted by Crippen LogP contribution is 2.47. The van der Waals surface area contributed by atoms with E-state index in [-0.39, 0.29) is 6.61 Å². The van der Waals surface area contributed by atoms with Crippen LogP contribution < -0.4 is 18.9 Å². The molecular formula is C15H19NO5. The fourth-order valence-electron chi connectivity index (χ4n) is 1.92. The Morgan fingerprint density at radius 2 is 1.62 bits per heavy atom. The molecule has 0 aliphatic heterocycles. The molecule has 0 bridgehead atoms. The van der Waals surface area contributed by atoms with E-state index in [1.165, 1.54) is 35.5 Å². The van der Waals surface area contributed by atoms with Gasteiger partial charge in [0.2, 0.25) is 11.5 Å². The number of benzene rings is 1. The smallest absolute Gasteiger partial charge is 0.207 e. The number of ether oxygens (including phenoxy) is 5. The summed E-state index contributed by atoms with van der Waals surface area (Å²) in [4.78, 5) is 0. The fraction of sp³-hybridized carbons (Fsp3) is 0.400. The number of nitriles is 1. The largest absolute Gasteiger partial charge is 0.493 e. The van der Waals surface area contributed by atoms with Gasteiger partial charge in [0.25, 0.3) is 0 Å². The molecule has 0 fully saturated rings. The topological polar surface area (TPSA) is 69.9 Å².